The fraction of sp³-hybridized carbons (Fsp3) is 0.320. The van der Waals surface area contributed by atoms with Crippen LogP contribution in [0.25, 0.3) is 32.4 Å². The van der Waals surface area contributed by atoms with E-state index in [4.69, 9.17) is 9.40 Å². The van der Waals surface area contributed by atoms with Gasteiger partial charge >= 0.3 is 0 Å². The molecule has 8 heteroatoms. The van der Waals surface area contributed by atoms with Crippen LogP contribution in [-0.4, -0.2) is 48.5 Å². The molecule has 7 nitrogen and oxygen atoms in total. The van der Waals surface area contributed by atoms with Gasteiger partial charge in [0.1, 0.15) is 11.0 Å². The van der Waals surface area contributed by atoms with Crippen LogP contribution in [0.3, 0.4) is 0 Å². The van der Waals surface area contributed by atoms with Crippen LogP contribution < -0.4 is 10.6 Å². The van der Waals surface area contributed by atoms with Crippen LogP contribution in [0.1, 0.15) is 28.8 Å². The van der Waals surface area contributed by atoms with Gasteiger partial charge in [0.15, 0.2) is 0 Å². The Balaban J connectivity index is 1.43. The van der Waals surface area contributed by atoms with Gasteiger partial charge in [0, 0.05) is 29.4 Å². The van der Waals surface area contributed by atoms with Crippen LogP contribution in [0.15, 0.2) is 40.8 Å². The maximum atomic E-state index is 12.6. The van der Waals surface area contributed by atoms with E-state index in [9.17, 15) is 10.1 Å². The van der Waals surface area contributed by atoms with Crippen LogP contribution in [0.2, 0.25) is 0 Å². The van der Waals surface area contributed by atoms with E-state index in [0.717, 1.165) is 56.9 Å². The van der Waals surface area contributed by atoms with Gasteiger partial charge in [-0.1, -0.05) is 0 Å². The molecular weight excluding hydrogens is 434 g/mol. The van der Waals surface area contributed by atoms with E-state index in [-0.39, 0.29) is 11.9 Å². The molecule has 3 aromatic heterocycles. The van der Waals surface area contributed by atoms with Crippen molar-refractivity contribution in [2.45, 2.75) is 24.8 Å². The number of anilines is 1. The summed E-state index contributed by atoms with van der Waals surface area (Å²) in [5.41, 5.74) is 2.68. The smallest absolute Gasteiger partial charge is 0.289 e. The first kappa shape index (κ1) is 20.2. The predicted molar refractivity (Wildman–Crippen MR) is 130 cm³/mol. The third kappa shape index (κ3) is 3.11. The van der Waals surface area contributed by atoms with E-state index >= 15 is 0 Å². The van der Waals surface area contributed by atoms with Crippen molar-refractivity contribution in [2.24, 2.45) is 0 Å². The lowest BCUT2D eigenvalue weighted by Crippen LogP contribution is -2.34. The largest absolute Gasteiger partial charge is 0.449 e. The number of hydrogen-bond donors (Lipinski definition) is 2. The van der Waals surface area contributed by atoms with Crippen molar-refractivity contribution in [1.29, 1.82) is 5.26 Å². The van der Waals surface area contributed by atoms with Gasteiger partial charge in [-0.15, -0.1) is 11.3 Å². The third-order valence-electron chi connectivity index (χ3n) is 6.70. The Hall–Kier alpha value is -3.41. The zero-order chi connectivity index (χ0) is 22.7. The first-order valence-electron chi connectivity index (χ1n) is 11.1. The summed E-state index contributed by atoms with van der Waals surface area (Å²) in [6.07, 6.45) is 0.855. The summed E-state index contributed by atoms with van der Waals surface area (Å²) in [5.74, 6) is 0.115. The number of aromatic nitrogens is 1. The third-order valence-corrected chi connectivity index (χ3v) is 8.01. The summed E-state index contributed by atoms with van der Waals surface area (Å²) in [4.78, 5) is 21.9. The second kappa shape index (κ2) is 7.30. The lowest BCUT2D eigenvalue weighted by atomic mass is 9.87. The van der Waals surface area contributed by atoms with Crippen LogP contribution in [0, 0.1) is 11.3 Å². The SMILES string of the molecule is CC1CNc2c(oc3ccc4nc(-c5ccc(C6(C#N)CCN(C)C6)s5)ccc4c23)C(=O)N1. The van der Waals surface area contributed by atoms with Gasteiger partial charge < -0.3 is 20.0 Å². The molecule has 2 N–H and O–H groups in total. The van der Waals surface area contributed by atoms with E-state index in [1.165, 1.54) is 0 Å². The summed E-state index contributed by atoms with van der Waals surface area (Å²) in [6.45, 7) is 4.28. The molecule has 0 aliphatic carbocycles. The average molecular weight is 458 g/mol. The van der Waals surface area contributed by atoms with Crippen molar-refractivity contribution in [3.05, 3.63) is 47.0 Å². The molecular formula is C25H23N5O2S. The van der Waals surface area contributed by atoms with Gasteiger partial charge in [-0.2, -0.15) is 5.26 Å². The van der Waals surface area contributed by atoms with Crippen molar-refractivity contribution < 1.29 is 9.21 Å². The van der Waals surface area contributed by atoms with E-state index in [2.05, 4.69) is 40.8 Å². The number of amides is 1. The highest BCUT2D eigenvalue weighted by Crippen LogP contribution is 2.41. The van der Waals surface area contributed by atoms with Gasteiger partial charge in [0.2, 0.25) is 5.76 Å². The molecule has 0 spiro atoms. The molecule has 2 atom stereocenters. The molecule has 33 heavy (non-hydrogen) atoms. The molecule has 2 aliphatic rings. The summed E-state index contributed by atoms with van der Waals surface area (Å²) in [6, 6.07) is 14.6. The topological polar surface area (TPSA) is 94.2 Å². The molecule has 4 aromatic rings. The fourth-order valence-electron chi connectivity index (χ4n) is 4.94. The van der Waals surface area contributed by atoms with Gasteiger partial charge in [-0.05, 0) is 63.3 Å². The van der Waals surface area contributed by atoms with Crippen LogP contribution in [-0.2, 0) is 5.41 Å². The number of carbonyl (C=O) groups is 1. The second-order valence-electron chi connectivity index (χ2n) is 9.11. The number of nitrogens with zero attached hydrogens (tertiary/aromatic N) is 3. The minimum absolute atomic E-state index is 0.0132. The van der Waals surface area contributed by atoms with Gasteiger partial charge in [-0.3, -0.25) is 4.79 Å². The highest BCUT2D eigenvalue weighted by molar-refractivity contribution is 7.15. The highest BCUT2D eigenvalue weighted by atomic mass is 32.1. The number of pyridine rings is 1. The number of hydrogen-bond acceptors (Lipinski definition) is 7. The van der Waals surface area contributed by atoms with Crippen molar-refractivity contribution in [2.75, 3.05) is 32.0 Å². The lowest BCUT2D eigenvalue weighted by molar-refractivity contribution is 0.0920. The van der Waals surface area contributed by atoms with E-state index in [1.807, 2.05) is 31.2 Å². The van der Waals surface area contributed by atoms with E-state index < -0.39 is 5.41 Å². The molecule has 0 bridgehead atoms. The maximum Gasteiger partial charge on any atom is 0.289 e. The monoisotopic (exact) mass is 457 g/mol. The second-order valence-corrected chi connectivity index (χ2v) is 10.2. The first-order chi connectivity index (χ1) is 16.0. The summed E-state index contributed by atoms with van der Waals surface area (Å²) in [5, 5.41) is 18.1. The zero-order valence-electron chi connectivity index (χ0n) is 18.4. The Morgan fingerprint density at radius 2 is 2.15 bits per heavy atom. The fourth-order valence-corrected chi connectivity index (χ4v) is 6.08. The Kier molecular flexibility index (Phi) is 4.47. The Morgan fingerprint density at radius 1 is 1.27 bits per heavy atom. The summed E-state index contributed by atoms with van der Waals surface area (Å²) < 4.78 is 5.91. The van der Waals surface area contributed by atoms with Crippen LogP contribution in [0.5, 0.6) is 0 Å². The van der Waals surface area contributed by atoms with Crippen LogP contribution in [0.4, 0.5) is 5.69 Å². The van der Waals surface area contributed by atoms with Gasteiger partial charge in [-0.25, -0.2) is 4.98 Å². The molecule has 0 radical (unpaired) electrons. The number of benzene rings is 1. The highest BCUT2D eigenvalue weighted by Gasteiger charge is 2.40. The minimum atomic E-state index is -0.432. The average Bonchev–Trinajstić information content (AvgIpc) is 3.52. The number of nitriles is 1. The number of likely N-dealkylation sites (N-methyl/N-ethyl adjacent to an activating group) is 1. The Morgan fingerprint density at radius 3 is 2.94 bits per heavy atom. The Labute approximate surface area is 195 Å². The molecule has 2 unspecified atom stereocenters. The number of fused-ring (bicyclic) bond motifs is 5. The summed E-state index contributed by atoms with van der Waals surface area (Å²) in [7, 11) is 2.06. The van der Waals surface area contributed by atoms with Crippen molar-refractivity contribution in [3.8, 4) is 16.6 Å². The Bertz CT molecular complexity index is 1470. The molecule has 6 rings (SSSR count). The van der Waals surface area contributed by atoms with Crippen molar-refractivity contribution in [1.82, 2.24) is 15.2 Å². The van der Waals surface area contributed by atoms with Gasteiger partial charge in [0.05, 0.1) is 33.2 Å². The molecule has 1 amide bonds. The molecule has 2 aliphatic heterocycles. The number of nitrogens with one attached hydrogen (secondary N) is 2. The minimum Gasteiger partial charge on any atom is -0.449 e. The molecule has 1 fully saturated rings. The molecule has 0 saturated carbocycles. The summed E-state index contributed by atoms with van der Waals surface area (Å²) >= 11 is 1.65. The molecule has 1 saturated heterocycles. The normalized spacial score (nSPS) is 23.2. The molecule has 1 aromatic carbocycles. The number of furan rings is 1. The van der Waals surface area contributed by atoms with Crippen molar-refractivity contribution in [3.63, 3.8) is 0 Å². The number of carbonyl (C=O) groups excluding carboxylic acids is 1. The molecule has 5 heterocycles. The zero-order valence-corrected chi connectivity index (χ0v) is 19.3. The van der Waals surface area contributed by atoms with E-state index in [1.54, 1.807) is 11.3 Å². The lowest BCUT2D eigenvalue weighted by Gasteiger charge is -2.18. The number of thiophene rings is 1. The standard InChI is InChI=1S/C25H23N5O2S/c1-14-11-27-22-21-15-3-4-17(29-16(15)5-6-18(21)32-23(22)24(31)28-14)19-7-8-20(33-19)25(12-26)9-10-30(2)13-25/h3-8,14,27H,9-11,13H2,1-2H3,(H,28,31). The van der Waals surface area contributed by atoms with Crippen molar-refractivity contribution >= 4 is 44.8 Å². The number of rotatable bonds is 2. The first-order valence-corrected chi connectivity index (χ1v) is 11.9. The maximum absolute atomic E-state index is 12.6. The predicted octanol–water partition coefficient (Wildman–Crippen LogP) is 4.35. The van der Waals surface area contributed by atoms with E-state index in [0.29, 0.717) is 17.9 Å². The van der Waals surface area contributed by atoms with Gasteiger partial charge in [0.25, 0.3) is 5.91 Å². The van der Waals surface area contributed by atoms with Crippen LogP contribution >= 0.6 is 11.3 Å². The molecule has 166 valence electrons. The quantitative estimate of drug-likeness (QED) is 0.465. The number of likely N-dealkylation sites (tertiary alicyclic amines) is 1.